The molecule has 0 radical (unpaired) electrons. The van der Waals surface area contributed by atoms with E-state index in [2.05, 4.69) is 39.8 Å². The smallest absolute Gasteiger partial charge is 0.186 e. The van der Waals surface area contributed by atoms with Gasteiger partial charge in [-0.2, -0.15) is 0 Å². The van der Waals surface area contributed by atoms with Crippen LogP contribution in [0.15, 0.2) is 54.6 Å². The topological polar surface area (TPSA) is 107 Å². The fraction of sp³-hybridized carbons (Fsp3) is 0.562. The van der Waals surface area contributed by atoms with Crippen LogP contribution < -0.4 is 4.74 Å². The first-order valence-corrected chi connectivity index (χ1v) is 21.5. The second kappa shape index (κ2) is 24.7. The molecule has 0 aliphatic rings. The van der Waals surface area contributed by atoms with Crippen molar-refractivity contribution in [2.24, 2.45) is 0 Å². The van der Waals surface area contributed by atoms with Crippen molar-refractivity contribution in [3.05, 3.63) is 76.9 Å². The van der Waals surface area contributed by atoms with Gasteiger partial charge in [0.15, 0.2) is 23.8 Å². The predicted octanol–water partition coefficient (Wildman–Crippen LogP) is 12.2. The molecular weight excluding hydrogens is 699 g/mol. The minimum absolute atomic E-state index is 0.0326. The van der Waals surface area contributed by atoms with Gasteiger partial charge in [-0.3, -0.25) is 0 Å². The summed E-state index contributed by atoms with van der Waals surface area (Å²) in [4.78, 5) is 14.6. The number of unbranched alkanes of at least 4 members (excludes halogenated alkanes) is 14. The molecule has 1 atom stereocenters. The van der Waals surface area contributed by atoms with Gasteiger partial charge in [0.05, 0.1) is 5.56 Å². The number of hydrogen-bond donors (Lipinski definition) is 2. The Hall–Kier alpha value is -3.85. The van der Waals surface area contributed by atoms with Crippen molar-refractivity contribution in [2.45, 2.75) is 157 Å². The molecule has 1 heterocycles. The molecule has 0 spiro atoms. The molecule has 3 aromatic carbocycles. The van der Waals surface area contributed by atoms with E-state index in [0.29, 0.717) is 42.0 Å². The van der Waals surface area contributed by atoms with E-state index in [1.807, 2.05) is 38.1 Å². The van der Waals surface area contributed by atoms with Crippen LogP contribution >= 0.6 is 0 Å². The summed E-state index contributed by atoms with van der Waals surface area (Å²) in [5, 5.41) is 22.5. The third kappa shape index (κ3) is 14.9. The first-order valence-electron chi connectivity index (χ1n) is 21.5. The Balaban J connectivity index is 1.42. The molecule has 4 rings (SSSR count). The van der Waals surface area contributed by atoms with E-state index >= 15 is 0 Å². The van der Waals surface area contributed by atoms with Crippen LogP contribution in [0.1, 0.15) is 139 Å². The molecule has 0 fully saturated rings. The molecule has 1 aromatic heterocycles. The zero-order chi connectivity index (χ0) is 40.1. The number of hydrogen-bond acceptors (Lipinski definition) is 8. The van der Waals surface area contributed by atoms with Gasteiger partial charge in [-0.25, -0.2) is 15.0 Å². The van der Waals surface area contributed by atoms with E-state index in [-0.39, 0.29) is 12.4 Å². The molecule has 0 bridgehead atoms. The SMILES string of the molecule is CCCCCCCCCCOC(OCCCCCCCCCC)C(O)COc1ccc(-c2nc(-c3ccc(C)cc3C)nc(-c3ccc(C)cc3C)n2)c(O)c1. The largest absolute Gasteiger partial charge is 0.507 e. The van der Waals surface area contributed by atoms with Gasteiger partial charge >= 0.3 is 0 Å². The van der Waals surface area contributed by atoms with E-state index in [1.165, 1.54) is 83.1 Å². The van der Waals surface area contributed by atoms with Gasteiger partial charge in [0, 0.05) is 30.4 Å². The number of aliphatic hydroxyl groups is 1. The van der Waals surface area contributed by atoms with E-state index in [0.717, 1.165) is 59.1 Å². The average molecular weight is 768 g/mol. The van der Waals surface area contributed by atoms with Gasteiger partial charge in [0.1, 0.15) is 24.2 Å². The Morgan fingerprint density at radius 1 is 0.518 bits per heavy atom. The van der Waals surface area contributed by atoms with Crippen molar-refractivity contribution in [1.29, 1.82) is 0 Å². The molecule has 306 valence electrons. The number of nitrogens with zero attached hydrogens (tertiary/aromatic N) is 3. The Morgan fingerprint density at radius 3 is 1.36 bits per heavy atom. The summed E-state index contributed by atoms with van der Waals surface area (Å²) < 4.78 is 18.2. The van der Waals surface area contributed by atoms with Crippen molar-refractivity contribution in [3.8, 4) is 45.7 Å². The third-order valence-electron chi connectivity index (χ3n) is 10.4. The summed E-state index contributed by atoms with van der Waals surface area (Å²) in [6.07, 6.45) is 17.6. The lowest BCUT2D eigenvalue weighted by atomic mass is 10.0. The lowest BCUT2D eigenvalue weighted by molar-refractivity contribution is -0.200. The highest BCUT2D eigenvalue weighted by Crippen LogP contribution is 2.34. The van der Waals surface area contributed by atoms with Crippen molar-refractivity contribution in [2.75, 3.05) is 19.8 Å². The Bertz CT molecular complexity index is 1650. The Morgan fingerprint density at radius 2 is 0.929 bits per heavy atom. The molecule has 0 saturated carbocycles. The number of aromatic hydroxyl groups is 1. The number of aliphatic hydroxyl groups excluding tert-OH is 1. The molecule has 1 unspecified atom stereocenters. The lowest BCUT2D eigenvalue weighted by Gasteiger charge is -2.24. The molecule has 0 aliphatic carbocycles. The second-order valence-electron chi connectivity index (χ2n) is 15.6. The average Bonchev–Trinajstić information content (AvgIpc) is 3.17. The van der Waals surface area contributed by atoms with Crippen LogP contribution in [0, 0.1) is 27.7 Å². The van der Waals surface area contributed by atoms with Gasteiger partial charge in [0.25, 0.3) is 0 Å². The third-order valence-corrected chi connectivity index (χ3v) is 10.4. The van der Waals surface area contributed by atoms with E-state index in [4.69, 9.17) is 29.2 Å². The summed E-state index contributed by atoms with van der Waals surface area (Å²) in [5.74, 6) is 1.81. The maximum absolute atomic E-state index is 11.3. The second-order valence-corrected chi connectivity index (χ2v) is 15.6. The highest BCUT2D eigenvalue weighted by Gasteiger charge is 2.23. The minimum atomic E-state index is -0.996. The molecule has 8 nitrogen and oxygen atoms in total. The number of aryl methyl sites for hydroxylation is 4. The summed E-state index contributed by atoms with van der Waals surface area (Å²) >= 11 is 0. The molecule has 0 saturated heterocycles. The molecule has 56 heavy (non-hydrogen) atoms. The van der Waals surface area contributed by atoms with Crippen LogP contribution in [0.5, 0.6) is 11.5 Å². The fourth-order valence-corrected chi connectivity index (χ4v) is 7.06. The maximum Gasteiger partial charge on any atom is 0.186 e. The molecule has 4 aromatic rings. The van der Waals surface area contributed by atoms with Gasteiger partial charge < -0.3 is 24.4 Å². The molecule has 8 heteroatoms. The molecular formula is C48H69N3O5. The van der Waals surface area contributed by atoms with Crippen LogP contribution in [0.25, 0.3) is 34.2 Å². The number of phenolic OH excluding ortho intramolecular Hbond substituents is 1. The van der Waals surface area contributed by atoms with Gasteiger partial charge in [0.2, 0.25) is 0 Å². The Kier molecular flexibility index (Phi) is 19.8. The normalized spacial score (nSPS) is 12.1. The number of aromatic nitrogens is 3. The molecule has 0 aliphatic heterocycles. The Labute approximate surface area is 337 Å². The zero-order valence-corrected chi connectivity index (χ0v) is 35.2. The van der Waals surface area contributed by atoms with Crippen molar-refractivity contribution in [1.82, 2.24) is 15.0 Å². The highest BCUT2D eigenvalue weighted by molar-refractivity contribution is 5.72. The number of benzene rings is 3. The number of rotatable bonds is 27. The first kappa shape index (κ1) is 44.9. The lowest BCUT2D eigenvalue weighted by Crippen LogP contribution is -2.37. The van der Waals surface area contributed by atoms with Crippen LogP contribution in [0.3, 0.4) is 0 Å². The highest BCUT2D eigenvalue weighted by atomic mass is 16.7. The standard InChI is InChI=1S/C48H69N3O5/c1-7-9-11-13-15-17-19-21-29-54-48(55-30-22-20-18-16-14-12-10-8-2)44(53)34-56-39-25-28-42(43(52)33-39)47-50-45(40-26-23-35(3)31-37(40)5)49-46(51-47)41-27-24-36(4)32-38(41)6/h23-28,31-33,44,48,52-53H,7-22,29-30,34H2,1-6H3. The van der Waals surface area contributed by atoms with E-state index < -0.39 is 12.4 Å². The summed E-state index contributed by atoms with van der Waals surface area (Å²) in [6.45, 7) is 13.7. The summed E-state index contributed by atoms with van der Waals surface area (Å²) in [7, 11) is 0. The minimum Gasteiger partial charge on any atom is -0.507 e. The van der Waals surface area contributed by atoms with Crippen LogP contribution in [0.4, 0.5) is 0 Å². The zero-order valence-electron chi connectivity index (χ0n) is 35.2. The van der Waals surface area contributed by atoms with Crippen molar-refractivity contribution >= 4 is 0 Å². The van der Waals surface area contributed by atoms with Gasteiger partial charge in [-0.1, -0.05) is 151 Å². The van der Waals surface area contributed by atoms with Crippen LogP contribution in [-0.4, -0.2) is 57.4 Å². The first-order chi connectivity index (χ1) is 27.2. The maximum atomic E-state index is 11.3. The van der Waals surface area contributed by atoms with Crippen molar-refractivity contribution in [3.63, 3.8) is 0 Å². The number of ether oxygens (including phenoxy) is 3. The number of phenols is 1. The van der Waals surface area contributed by atoms with Crippen LogP contribution in [-0.2, 0) is 9.47 Å². The van der Waals surface area contributed by atoms with E-state index in [9.17, 15) is 10.2 Å². The summed E-state index contributed by atoms with van der Waals surface area (Å²) in [5.41, 5.74) is 6.70. The van der Waals surface area contributed by atoms with Crippen molar-refractivity contribution < 1.29 is 24.4 Å². The van der Waals surface area contributed by atoms with E-state index in [1.54, 1.807) is 12.1 Å². The molecule has 2 N–H and O–H groups in total. The van der Waals surface area contributed by atoms with Gasteiger partial charge in [-0.15, -0.1) is 0 Å². The predicted molar refractivity (Wildman–Crippen MR) is 229 cm³/mol. The van der Waals surface area contributed by atoms with Gasteiger partial charge in [-0.05, 0) is 63.8 Å². The summed E-state index contributed by atoms with van der Waals surface area (Å²) in [6, 6.07) is 17.4. The monoisotopic (exact) mass is 768 g/mol. The van der Waals surface area contributed by atoms with Crippen LogP contribution in [0.2, 0.25) is 0 Å². The fourth-order valence-electron chi connectivity index (χ4n) is 7.06. The quantitative estimate of drug-likeness (QED) is 0.0456. The molecule has 0 amide bonds.